The number of likely N-dealkylation sites (tertiary alicyclic amines) is 1. The highest BCUT2D eigenvalue weighted by atomic mass is 16.2. The van der Waals surface area contributed by atoms with E-state index < -0.39 is 0 Å². The predicted molar refractivity (Wildman–Crippen MR) is 76.5 cm³/mol. The van der Waals surface area contributed by atoms with Crippen LogP contribution in [0.2, 0.25) is 0 Å². The highest BCUT2D eigenvalue weighted by molar-refractivity contribution is 5.79. The van der Waals surface area contributed by atoms with Crippen LogP contribution in [0, 0.1) is 5.92 Å². The van der Waals surface area contributed by atoms with E-state index in [0.29, 0.717) is 38.9 Å². The Hall–Kier alpha value is -2.12. The van der Waals surface area contributed by atoms with E-state index in [1.165, 1.54) is 6.33 Å². The van der Waals surface area contributed by atoms with Crippen LogP contribution >= 0.6 is 0 Å². The number of hydrogen-bond donors (Lipinski definition) is 2. The van der Waals surface area contributed by atoms with Crippen molar-refractivity contribution in [2.45, 2.75) is 19.3 Å². The number of carbonyl (C=O) groups excluding carboxylic acids is 2. The minimum atomic E-state index is -0.00839. The average molecular weight is 294 g/mol. The molecule has 0 aromatic carbocycles. The average Bonchev–Trinajstić information content (AvgIpc) is 2.99. The molecular formula is C13H22N6O2. The number of piperidine rings is 1. The molecule has 1 aliphatic rings. The van der Waals surface area contributed by atoms with Crippen molar-refractivity contribution in [1.82, 2.24) is 30.3 Å². The second kappa shape index (κ2) is 7.05. The summed E-state index contributed by atoms with van der Waals surface area (Å²) in [6, 6.07) is 0.0131. The molecule has 1 aromatic rings. The third-order valence-corrected chi connectivity index (χ3v) is 3.64. The smallest absolute Gasteiger partial charge is 0.319 e. The first-order valence-corrected chi connectivity index (χ1v) is 7.16. The lowest BCUT2D eigenvalue weighted by molar-refractivity contribution is -0.126. The number of nitrogens with one attached hydrogen (secondary N) is 2. The second-order valence-electron chi connectivity index (χ2n) is 5.41. The summed E-state index contributed by atoms with van der Waals surface area (Å²) in [4.78, 5) is 31.2. The quantitative estimate of drug-likeness (QED) is 0.808. The van der Waals surface area contributed by atoms with E-state index in [4.69, 9.17) is 0 Å². The van der Waals surface area contributed by atoms with E-state index in [1.54, 1.807) is 23.9 Å². The summed E-state index contributed by atoms with van der Waals surface area (Å²) in [6.07, 6.45) is 3.53. The van der Waals surface area contributed by atoms with Gasteiger partial charge in [-0.25, -0.2) is 9.78 Å². The number of amides is 3. The molecule has 1 saturated heterocycles. The Bertz CT molecular complexity index is 465. The first kappa shape index (κ1) is 15.3. The third-order valence-electron chi connectivity index (χ3n) is 3.64. The van der Waals surface area contributed by atoms with Crippen molar-refractivity contribution in [2.24, 2.45) is 5.92 Å². The zero-order valence-corrected chi connectivity index (χ0v) is 12.5. The monoisotopic (exact) mass is 294 g/mol. The maximum atomic E-state index is 12.1. The van der Waals surface area contributed by atoms with Gasteiger partial charge in [0.1, 0.15) is 12.2 Å². The molecule has 1 fully saturated rings. The number of carbonyl (C=O) groups is 2. The Morgan fingerprint density at radius 2 is 2.14 bits per heavy atom. The van der Waals surface area contributed by atoms with Gasteiger partial charge in [-0.3, -0.25) is 9.89 Å². The summed E-state index contributed by atoms with van der Waals surface area (Å²) in [6.45, 7) is 1.82. The van der Waals surface area contributed by atoms with Crippen molar-refractivity contribution in [3.63, 3.8) is 0 Å². The van der Waals surface area contributed by atoms with Gasteiger partial charge < -0.3 is 15.1 Å². The van der Waals surface area contributed by atoms with Crippen molar-refractivity contribution in [3.05, 3.63) is 12.2 Å². The van der Waals surface area contributed by atoms with Gasteiger partial charge in [0.25, 0.3) is 0 Å². The van der Waals surface area contributed by atoms with E-state index in [0.717, 1.165) is 5.82 Å². The topological polar surface area (TPSA) is 94.2 Å². The lowest BCUT2D eigenvalue weighted by Gasteiger charge is -2.33. The zero-order valence-electron chi connectivity index (χ0n) is 12.5. The van der Waals surface area contributed by atoms with Crippen LogP contribution < -0.4 is 5.32 Å². The van der Waals surface area contributed by atoms with Crippen LogP contribution in [0.3, 0.4) is 0 Å². The minimum Gasteiger partial charge on any atom is -0.355 e. The molecule has 0 atom stereocenters. The predicted octanol–water partition coefficient (Wildman–Crippen LogP) is -0.143. The molecule has 0 bridgehead atoms. The highest BCUT2D eigenvalue weighted by Gasteiger charge is 2.27. The van der Waals surface area contributed by atoms with E-state index in [-0.39, 0.29) is 17.9 Å². The Morgan fingerprint density at radius 3 is 2.71 bits per heavy atom. The summed E-state index contributed by atoms with van der Waals surface area (Å²) in [5.74, 6) is 0.819. The molecule has 2 rings (SSSR count). The fourth-order valence-corrected chi connectivity index (χ4v) is 2.42. The van der Waals surface area contributed by atoms with Crippen molar-refractivity contribution in [3.8, 4) is 0 Å². The lowest BCUT2D eigenvalue weighted by Crippen LogP contribution is -2.46. The maximum Gasteiger partial charge on any atom is 0.319 e. The van der Waals surface area contributed by atoms with Crippen LogP contribution in [0.25, 0.3) is 0 Å². The summed E-state index contributed by atoms with van der Waals surface area (Å²) in [7, 11) is 3.48. The van der Waals surface area contributed by atoms with Gasteiger partial charge in [0, 0.05) is 46.1 Å². The summed E-state index contributed by atoms with van der Waals surface area (Å²) in [5, 5.41) is 9.43. The summed E-state index contributed by atoms with van der Waals surface area (Å²) >= 11 is 0. The fraction of sp³-hybridized carbons (Fsp3) is 0.692. The van der Waals surface area contributed by atoms with Gasteiger partial charge in [0.15, 0.2) is 0 Å². The van der Waals surface area contributed by atoms with E-state index >= 15 is 0 Å². The number of aromatic amines is 1. The molecule has 8 heteroatoms. The van der Waals surface area contributed by atoms with Crippen molar-refractivity contribution in [1.29, 1.82) is 0 Å². The van der Waals surface area contributed by atoms with Crippen LogP contribution in [0.4, 0.5) is 4.79 Å². The first-order valence-electron chi connectivity index (χ1n) is 7.16. The number of aromatic nitrogens is 3. The van der Waals surface area contributed by atoms with Crippen molar-refractivity contribution in [2.75, 3.05) is 33.7 Å². The van der Waals surface area contributed by atoms with Gasteiger partial charge in [-0.2, -0.15) is 5.10 Å². The highest BCUT2D eigenvalue weighted by Crippen LogP contribution is 2.18. The maximum absolute atomic E-state index is 12.1. The van der Waals surface area contributed by atoms with Crippen LogP contribution in [-0.2, 0) is 11.2 Å². The van der Waals surface area contributed by atoms with Gasteiger partial charge in [-0.05, 0) is 12.8 Å². The normalized spacial score (nSPS) is 15.8. The Labute approximate surface area is 123 Å². The Balaban J connectivity index is 1.69. The number of rotatable bonds is 4. The Kier molecular flexibility index (Phi) is 5.13. The number of hydrogen-bond acceptors (Lipinski definition) is 4. The molecule has 2 heterocycles. The van der Waals surface area contributed by atoms with Crippen LogP contribution in [0.5, 0.6) is 0 Å². The van der Waals surface area contributed by atoms with Gasteiger partial charge in [0.05, 0.1) is 0 Å². The molecule has 0 saturated carbocycles. The molecule has 0 radical (unpaired) electrons. The van der Waals surface area contributed by atoms with E-state index in [2.05, 4.69) is 20.5 Å². The first-order chi connectivity index (χ1) is 10.1. The standard InChI is InChI=1S/C13H22N6O2/c1-18(2)13(21)19-7-4-10(5-8-19)12(20)14-6-3-11-15-9-16-17-11/h9-10H,3-8H2,1-2H3,(H,14,20)(H,15,16,17). The van der Waals surface area contributed by atoms with E-state index in [9.17, 15) is 9.59 Å². The minimum absolute atomic E-state index is 0.00839. The van der Waals surface area contributed by atoms with Crippen molar-refractivity contribution < 1.29 is 9.59 Å². The number of nitrogens with zero attached hydrogens (tertiary/aromatic N) is 4. The molecule has 116 valence electrons. The molecule has 3 amide bonds. The molecular weight excluding hydrogens is 272 g/mol. The third kappa shape index (κ3) is 4.17. The lowest BCUT2D eigenvalue weighted by atomic mass is 9.96. The van der Waals surface area contributed by atoms with Crippen LogP contribution in [0.15, 0.2) is 6.33 Å². The van der Waals surface area contributed by atoms with Gasteiger partial charge in [-0.15, -0.1) is 0 Å². The molecule has 0 aliphatic carbocycles. The summed E-state index contributed by atoms with van der Waals surface area (Å²) < 4.78 is 0. The van der Waals surface area contributed by atoms with E-state index in [1.807, 2.05) is 0 Å². The molecule has 8 nitrogen and oxygen atoms in total. The fourth-order valence-electron chi connectivity index (χ4n) is 2.42. The summed E-state index contributed by atoms with van der Waals surface area (Å²) in [5.41, 5.74) is 0. The molecule has 0 unspecified atom stereocenters. The van der Waals surface area contributed by atoms with Gasteiger partial charge >= 0.3 is 6.03 Å². The molecule has 21 heavy (non-hydrogen) atoms. The SMILES string of the molecule is CN(C)C(=O)N1CCC(C(=O)NCCc2ncn[nH]2)CC1. The van der Waals surface area contributed by atoms with Crippen LogP contribution in [-0.4, -0.2) is 70.6 Å². The zero-order chi connectivity index (χ0) is 15.2. The van der Waals surface area contributed by atoms with Crippen LogP contribution in [0.1, 0.15) is 18.7 Å². The number of H-pyrrole nitrogens is 1. The van der Waals surface area contributed by atoms with Crippen molar-refractivity contribution >= 4 is 11.9 Å². The molecule has 2 N–H and O–H groups in total. The molecule has 1 aliphatic heterocycles. The molecule has 1 aromatic heterocycles. The Morgan fingerprint density at radius 1 is 1.43 bits per heavy atom. The largest absolute Gasteiger partial charge is 0.355 e. The second-order valence-corrected chi connectivity index (χ2v) is 5.41. The molecule has 0 spiro atoms. The number of urea groups is 1. The van der Waals surface area contributed by atoms with Gasteiger partial charge in [-0.1, -0.05) is 0 Å². The van der Waals surface area contributed by atoms with Gasteiger partial charge in [0.2, 0.25) is 5.91 Å².